The molecule has 18 heavy (non-hydrogen) atoms. The molecule has 2 rings (SSSR count). The Balaban J connectivity index is 1.83. The second-order valence-electron chi connectivity index (χ2n) is 6.07. The first kappa shape index (κ1) is 13.6. The number of ether oxygens (including phenoxy) is 1. The van der Waals surface area contributed by atoms with Crippen LogP contribution in [0.15, 0.2) is 12.3 Å². The van der Waals surface area contributed by atoms with E-state index in [2.05, 4.69) is 41.9 Å². The molecule has 0 radical (unpaired) electrons. The van der Waals surface area contributed by atoms with Crippen molar-refractivity contribution in [2.75, 3.05) is 6.61 Å². The van der Waals surface area contributed by atoms with Crippen molar-refractivity contribution in [2.24, 2.45) is 0 Å². The van der Waals surface area contributed by atoms with Gasteiger partial charge in [-0.15, -0.1) is 0 Å². The molecular weight excluding hydrogens is 226 g/mol. The standard InChI is InChI=1S/C14H25N3O/c1-14(2,3)15-11-12-6-8-16-17(12)9-7-13-5-4-10-18-13/h6,8,13,15H,4-5,7,9-11H2,1-3H3. The predicted octanol–water partition coefficient (Wildman–Crippen LogP) is 2.34. The summed E-state index contributed by atoms with van der Waals surface area (Å²) in [5.41, 5.74) is 1.40. The maximum absolute atomic E-state index is 5.65. The van der Waals surface area contributed by atoms with Gasteiger partial charge in [-0.1, -0.05) is 0 Å². The highest BCUT2D eigenvalue weighted by Crippen LogP contribution is 2.16. The molecule has 1 aromatic heterocycles. The van der Waals surface area contributed by atoms with Gasteiger partial charge < -0.3 is 10.1 Å². The Kier molecular flexibility index (Phi) is 4.40. The van der Waals surface area contributed by atoms with Crippen molar-refractivity contribution in [2.45, 2.75) is 64.8 Å². The lowest BCUT2D eigenvalue weighted by Crippen LogP contribution is -2.35. The van der Waals surface area contributed by atoms with E-state index < -0.39 is 0 Å². The number of rotatable bonds is 5. The summed E-state index contributed by atoms with van der Waals surface area (Å²) >= 11 is 0. The van der Waals surface area contributed by atoms with Gasteiger partial charge in [0.2, 0.25) is 0 Å². The van der Waals surface area contributed by atoms with Crippen LogP contribution in [0.25, 0.3) is 0 Å². The zero-order valence-electron chi connectivity index (χ0n) is 11.8. The van der Waals surface area contributed by atoms with Crippen LogP contribution < -0.4 is 5.32 Å². The van der Waals surface area contributed by atoms with Crippen LogP contribution >= 0.6 is 0 Å². The molecule has 1 N–H and O–H groups in total. The summed E-state index contributed by atoms with van der Waals surface area (Å²) in [6.07, 6.45) is 5.82. The molecule has 1 aliphatic heterocycles. The average molecular weight is 251 g/mol. The van der Waals surface area contributed by atoms with E-state index in [9.17, 15) is 0 Å². The molecule has 1 aromatic rings. The highest BCUT2D eigenvalue weighted by molar-refractivity contribution is 5.01. The van der Waals surface area contributed by atoms with E-state index in [1.54, 1.807) is 0 Å². The number of nitrogens with one attached hydrogen (secondary N) is 1. The molecule has 0 saturated carbocycles. The maximum atomic E-state index is 5.65. The topological polar surface area (TPSA) is 39.1 Å². The van der Waals surface area contributed by atoms with Crippen LogP contribution in [0.1, 0.15) is 45.7 Å². The Morgan fingerprint density at radius 1 is 1.50 bits per heavy atom. The molecule has 1 fully saturated rings. The number of aromatic nitrogens is 2. The van der Waals surface area contributed by atoms with Gasteiger partial charge in [0.25, 0.3) is 0 Å². The van der Waals surface area contributed by atoms with Gasteiger partial charge in [0.05, 0.1) is 11.8 Å². The lowest BCUT2D eigenvalue weighted by Gasteiger charge is -2.21. The second-order valence-corrected chi connectivity index (χ2v) is 6.07. The van der Waals surface area contributed by atoms with Crippen molar-refractivity contribution in [1.29, 1.82) is 0 Å². The normalized spacial score (nSPS) is 20.5. The van der Waals surface area contributed by atoms with E-state index in [1.165, 1.54) is 18.5 Å². The number of nitrogens with zero attached hydrogens (tertiary/aromatic N) is 2. The third kappa shape index (κ3) is 4.10. The summed E-state index contributed by atoms with van der Waals surface area (Å²) in [4.78, 5) is 0. The van der Waals surface area contributed by atoms with Crippen LogP contribution in [-0.4, -0.2) is 28.0 Å². The molecular formula is C14H25N3O. The van der Waals surface area contributed by atoms with Gasteiger partial charge in [0, 0.05) is 31.4 Å². The first-order valence-corrected chi connectivity index (χ1v) is 6.92. The van der Waals surface area contributed by atoms with E-state index in [-0.39, 0.29) is 5.54 Å². The van der Waals surface area contributed by atoms with Crippen LogP contribution in [-0.2, 0) is 17.8 Å². The molecule has 2 heterocycles. The summed E-state index contributed by atoms with van der Waals surface area (Å²) in [7, 11) is 0. The van der Waals surface area contributed by atoms with Gasteiger partial charge in [0.15, 0.2) is 0 Å². The molecule has 0 amide bonds. The lowest BCUT2D eigenvalue weighted by atomic mass is 10.1. The molecule has 0 aromatic carbocycles. The molecule has 1 atom stereocenters. The second kappa shape index (κ2) is 5.85. The SMILES string of the molecule is CC(C)(C)NCc1ccnn1CCC1CCCO1. The van der Waals surface area contributed by atoms with Crippen molar-refractivity contribution in [1.82, 2.24) is 15.1 Å². The van der Waals surface area contributed by atoms with Crippen LogP contribution in [0, 0.1) is 0 Å². The Bertz CT molecular complexity index is 361. The Hall–Kier alpha value is -0.870. The predicted molar refractivity (Wildman–Crippen MR) is 72.4 cm³/mol. The largest absolute Gasteiger partial charge is 0.378 e. The van der Waals surface area contributed by atoms with Crippen LogP contribution in [0.3, 0.4) is 0 Å². The van der Waals surface area contributed by atoms with Crippen molar-refractivity contribution in [3.05, 3.63) is 18.0 Å². The first-order chi connectivity index (χ1) is 8.54. The van der Waals surface area contributed by atoms with Gasteiger partial charge in [-0.2, -0.15) is 5.10 Å². The van der Waals surface area contributed by atoms with Crippen molar-refractivity contribution in [3.8, 4) is 0 Å². The minimum atomic E-state index is 0.143. The fourth-order valence-electron chi connectivity index (χ4n) is 2.21. The van der Waals surface area contributed by atoms with Crippen LogP contribution in [0.2, 0.25) is 0 Å². The molecule has 4 nitrogen and oxygen atoms in total. The highest BCUT2D eigenvalue weighted by Gasteiger charge is 2.16. The van der Waals surface area contributed by atoms with Gasteiger partial charge in [-0.3, -0.25) is 4.68 Å². The lowest BCUT2D eigenvalue weighted by molar-refractivity contribution is 0.0991. The minimum Gasteiger partial charge on any atom is -0.378 e. The summed E-state index contributed by atoms with van der Waals surface area (Å²) in [6.45, 7) is 9.30. The fraction of sp³-hybridized carbons (Fsp3) is 0.786. The third-order valence-electron chi connectivity index (χ3n) is 3.29. The summed E-state index contributed by atoms with van der Waals surface area (Å²) in [5.74, 6) is 0. The molecule has 1 aliphatic rings. The van der Waals surface area contributed by atoms with Gasteiger partial charge in [0.1, 0.15) is 0 Å². The maximum Gasteiger partial charge on any atom is 0.0593 e. The number of hydrogen-bond acceptors (Lipinski definition) is 3. The Labute approximate surface area is 110 Å². The summed E-state index contributed by atoms with van der Waals surface area (Å²) in [5, 5.41) is 7.90. The van der Waals surface area contributed by atoms with Gasteiger partial charge >= 0.3 is 0 Å². The van der Waals surface area contributed by atoms with Crippen LogP contribution in [0.4, 0.5) is 0 Å². The van der Waals surface area contributed by atoms with E-state index >= 15 is 0 Å². The fourth-order valence-corrected chi connectivity index (χ4v) is 2.21. The molecule has 102 valence electrons. The summed E-state index contributed by atoms with van der Waals surface area (Å²) < 4.78 is 7.75. The third-order valence-corrected chi connectivity index (χ3v) is 3.29. The Morgan fingerprint density at radius 2 is 2.33 bits per heavy atom. The smallest absolute Gasteiger partial charge is 0.0593 e. The van der Waals surface area contributed by atoms with Gasteiger partial charge in [-0.25, -0.2) is 0 Å². The molecule has 1 saturated heterocycles. The first-order valence-electron chi connectivity index (χ1n) is 6.92. The minimum absolute atomic E-state index is 0.143. The highest BCUT2D eigenvalue weighted by atomic mass is 16.5. The van der Waals surface area contributed by atoms with Crippen molar-refractivity contribution >= 4 is 0 Å². The zero-order chi connectivity index (χ0) is 13.0. The van der Waals surface area contributed by atoms with Gasteiger partial charge in [-0.05, 0) is 46.1 Å². The molecule has 0 bridgehead atoms. The van der Waals surface area contributed by atoms with E-state index in [1.807, 2.05) is 6.20 Å². The van der Waals surface area contributed by atoms with E-state index in [4.69, 9.17) is 4.74 Å². The number of aryl methyl sites for hydroxylation is 1. The Morgan fingerprint density at radius 3 is 3.00 bits per heavy atom. The molecule has 0 spiro atoms. The zero-order valence-corrected chi connectivity index (χ0v) is 11.8. The summed E-state index contributed by atoms with van der Waals surface area (Å²) in [6, 6.07) is 2.09. The van der Waals surface area contributed by atoms with Crippen LogP contribution in [0.5, 0.6) is 0 Å². The quantitative estimate of drug-likeness (QED) is 0.873. The molecule has 1 unspecified atom stereocenters. The van der Waals surface area contributed by atoms with E-state index in [0.717, 1.165) is 26.1 Å². The van der Waals surface area contributed by atoms with E-state index in [0.29, 0.717) is 6.10 Å². The van der Waals surface area contributed by atoms with Crippen molar-refractivity contribution < 1.29 is 4.74 Å². The molecule has 4 heteroatoms. The number of hydrogen-bond donors (Lipinski definition) is 1. The average Bonchev–Trinajstić information content (AvgIpc) is 2.94. The molecule has 0 aliphatic carbocycles. The van der Waals surface area contributed by atoms with Crippen molar-refractivity contribution in [3.63, 3.8) is 0 Å². The monoisotopic (exact) mass is 251 g/mol.